The summed E-state index contributed by atoms with van der Waals surface area (Å²) in [6.45, 7) is 4.34. The van der Waals surface area contributed by atoms with Crippen molar-refractivity contribution in [1.29, 1.82) is 0 Å². The van der Waals surface area contributed by atoms with Crippen LogP contribution in [0.15, 0.2) is 85.7 Å². The van der Waals surface area contributed by atoms with E-state index in [4.69, 9.17) is 0 Å². The largest absolute Gasteiger partial charge is 1.00 e. The second-order valence-electron chi connectivity index (χ2n) is 9.86. The molecule has 6 heteroatoms. The van der Waals surface area contributed by atoms with Crippen LogP contribution in [0.5, 0.6) is 0 Å². The third kappa shape index (κ3) is 3.67. The van der Waals surface area contributed by atoms with Crippen molar-refractivity contribution in [3.8, 4) is 0 Å². The molecule has 8 aromatic rings. The van der Waals surface area contributed by atoms with Crippen molar-refractivity contribution < 1.29 is 33.9 Å². The van der Waals surface area contributed by atoms with Crippen LogP contribution < -0.4 is 33.9 Å². The van der Waals surface area contributed by atoms with Gasteiger partial charge in [-0.25, -0.2) is 9.13 Å². The van der Waals surface area contributed by atoms with Crippen LogP contribution in [0.25, 0.3) is 64.6 Å². The van der Waals surface area contributed by atoms with Crippen LogP contribution in [-0.4, -0.2) is 9.97 Å². The zero-order valence-electron chi connectivity index (χ0n) is 21.6. The predicted molar refractivity (Wildman–Crippen MR) is 148 cm³/mol. The predicted octanol–water partition coefficient (Wildman–Crippen LogP) is 0.232. The molecule has 0 aliphatic rings. The summed E-state index contributed by atoms with van der Waals surface area (Å²) in [5.41, 5.74) is 2.60. The molecule has 0 amide bonds. The van der Waals surface area contributed by atoms with Crippen molar-refractivity contribution in [3.05, 3.63) is 97.1 Å². The van der Waals surface area contributed by atoms with Gasteiger partial charge in [0.25, 0.3) is 0 Å². The molecule has 4 heterocycles. The van der Waals surface area contributed by atoms with Gasteiger partial charge in [-0.3, -0.25) is 9.97 Å². The lowest BCUT2D eigenvalue weighted by molar-refractivity contribution is -0.675. The summed E-state index contributed by atoms with van der Waals surface area (Å²) < 4.78 is 4.39. The van der Waals surface area contributed by atoms with Crippen molar-refractivity contribution in [2.45, 2.75) is 13.8 Å². The first kappa shape index (κ1) is 25.8. The van der Waals surface area contributed by atoms with Gasteiger partial charge in [-0.05, 0) is 24.3 Å². The molecule has 0 spiro atoms. The molecule has 4 aromatic heterocycles. The van der Waals surface area contributed by atoms with E-state index in [1.54, 1.807) is 0 Å². The molecule has 0 saturated carbocycles. The number of pyridine rings is 4. The maximum Gasteiger partial charge on any atom is 0.185 e. The molecule has 4 aromatic carbocycles. The van der Waals surface area contributed by atoms with Crippen LogP contribution in [0, 0.1) is 13.8 Å². The molecule has 0 bridgehead atoms. The van der Waals surface area contributed by atoms with Gasteiger partial charge in [0.05, 0.1) is 0 Å². The molecule has 0 radical (unpaired) electrons. The van der Waals surface area contributed by atoms with Gasteiger partial charge in [-0.2, -0.15) is 0 Å². The highest BCUT2D eigenvalue weighted by Crippen LogP contribution is 2.35. The van der Waals surface area contributed by atoms with Crippen molar-refractivity contribution in [1.82, 2.24) is 9.97 Å². The first-order valence-electron chi connectivity index (χ1n) is 12.3. The number of nitrogens with zero attached hydrogens (tertiary/aromatic N) is 4. The number of aromatic nitrogens is 4. The lowest BCUT2D eigenvalue weighted by atomic mass is 9.96. The van der Waals surface area contributed by atoms with Crippen molar-refractivity contribution in [3.63, 3.8) is 0 Å². The van der Waals surface area contributed by atoms with E-state index in [-0.39, 0.29) is 24.8 Å². The van der Waals surface area contributed by atoms with Crippen LogP contribution in [0.4, 0.5) is 0 Å². The van der Waals surface area contributed by atoms with Crippen LogP contribution in [0.1, 0.15) is 11.4 Å². The molecule has 0 fully saturated rings. The number of hydrogen-bond acceptors (Lipinski definition) is 2. The molecular weight excluding hydrogens is 511 g/mol. The van der Waals surface area contributed by atoms with Gasteiger partial charge in [0.1, 0.15) is 14.1 Å². The molecule has 0 saturated heterocycles. The Kier molecular flexibility index (Phi) is 6.42. The summed E-state index contributed by atoms with van der Waals surface area (Å²) in [5.74, 6) is 0. The zero-order chi connectivity index (χ0) is 24.6. The first-order valence-corrected chi connectivity index (χ1v) is 12.3. The van der Waals surface area contributed by atoms with Gasteiger partial charge >= 0.3 is 0 Å². The average molecular weight is 537 g/mol. The quantitative estimate of drug-likeness (QED) is 0.205. The van der Waals surface area contributed by atoms with Crippen molar-refractivity contribution >= 4 is 64.6 Å². The van der Waals surface area contributed by atoms with Crippen LogP contribution in [0.2, 0.25) is 0 Å². The summed E-state index contributed by atoms with van der Waals surface area (Å²) in [4.78, 5) is 8.61. The molecule has 0 aliphatic heterocycles. The third-order valence-electron chi connectivity index (χ3n) is 7.87. The lowest BCUT2D eigenvalue weighted by Crippen LogP contribution is -3.00. The Morgan fingerprint density at radius 2 is 0.763 bits per heavy atom. The minimum Gasteiger partial charge on any atom is -1.00 e. The number of aryl methyl sites for hydroxylation is 4. The average Bonchev–Trinajstić information content (AvgIpc) is 2.90. The topological polar surface area (TPSA) is 33.5 Å². The second-order valence-corrected chi connectivity index (χ2v) is 9.86. The number of hydrogen-bond donors (Lipinski definition) is 0. The van der Waals surface area contributed by atoms with E-state index < -0.39 is 0 Å². The van der Waals surface area contributed by atoms with Gasteiger partial charge in [0.2, 0.25) is 0 Å². The van der Waals surface area contributed by atoms with E-state index in [0.29, 0.717) is 0 Å². The standard InChI is InChI=1S/2C16H13N2.2ClH/c2*1-10-14-6-5-12-8-17-7-11-3-4-13(9-18(10)2)16(14)15(11)12;;/h2*3-9H,1-2H3;2*1H/q2*+1;;/p-2. The summed E-state index contributed by atoms with van der Waals surface area (Å²) in [7, 11) is 4.21. The lowest BCUT2D eigenvalue weighted by Gasteiger charge is -2.10. The van der Waals surface area contributed by atoms with Crippen LogP contribution >= 0.6 is 0 Å². The third-order valence-corrected chi connectivity index (χ3v) is 7.87. The Morgan fingerprint density at radius 3 is 1.13 bits per heavy atom. The molecule has 8 rings (SSSR count). The molecule has 38 heavy (non-hydrogen) atoms. The Hall–Kier alpha value is -3.86. The second kappa shape index (κ2) is 9.46. The van der Waals surface area contributed by atoms with Gasteiger partial charge in [0, 0.05) is 103 Å². The van der Waals surface area contributed by atoms with Gasteiger partial charge in [-0.15, -0.1) is 0 Å². The summed E-state index contributed by atoms with van der Waals surface area (Å²) in [6.07, 6.45) is 12.2. The van der Waals surface area contributed by atoms with Gasteiger partial charge in [0.15, 0.2) is 23.8 Å². The molecule has 4 nitrogen and oxygen atoms in total. The van der Waals surface area contributed by atoms with E-state index in [9.17, 15) is 0 Å². The van der Waals surface area contributed by atoms with Crippen LogP contribution in [0.3, 0.4) is 0 Å². The van der Waals surface area contributed by atoms with E-state index in [1.807, 2.05) is 24.8 Å². The number of halogens is 2. The molecular formula is C32H26Cl2N4. The fourth-order valence-corrected chi connectivity index (χ4v) is 5.79. The monoisotopic (exact) mass is 536 g/mol. The summed E-state index contributed by atoms with van der Waals surface area (Å²) >= 11 is 0. The highest BCUT2D eigenvalue weighted by atomic mass is 35.5. The Bertz CT molecular complexity index is 1920. The summed E-state index contributed by atoms with van der Waals surface area (Å²) in [5, 5.41) is 15.5. The number of rotatable bonds is 0. The Labute approximate surface area is 233 Å². The molecule has 0 atom stereocenters. The van der Waals surface area contributed by atoms with Crippen molar-refractivity contribution in [2.75, 3.05) is 0 Å². The van der Waals surface area contributed by atoms with Crippen molar-refractivity contribution in [2.24, 2.45) is 14.1 Å². The normalized spacial score (nSPS) is 11.3. The molecule has 0 N–H and O–H groups in total. The maximum atomic E-state index is 4.30. The Morgan fingerprint density at radius 1 is 0.447 bits per heavy atom. The molecule has 0 aliphatic carbocycles. The maximum absolute atomic E-state index is 4.30. The molecule has 0 unspecified atom stereocenters. The van der Waals surface area contributed by atoms with E-state index in [0.717, 1.165) is 0 Å². The van der Waals surface area contributed by atoms with E-state index >= 15 is 0 Å². The van der Waals surface area contributed by atoms with E-state index in [2.05, 4.69) is 108 Å². The number of benzene rings is 4. The first-order chi connectivity index (χ1) is 17.5. The fraction of sp³-hybridized carbons (Fsp3) is 0.125. The Balaban J connectivity index is 0.000000147. The van der Waals surface area contributed by atoms with Crippen LogP contribution in [-0.2, 0) is 14.1 Å². The van der Waals surface area contributed by atoms with Gasteiger partial charge in [-0.1, -0.05) is 24.3 Å². The molecule has 188 valence electrons. The van der Waals surface area contributed by atoms with E-state index in [1.165, 1.54) is 76.0 Å². The highest BCUT2D eigenvalue weighted by Gasteiger charge is 2.16. The summed E-state index contributed by atoms with van der Waals surface area (Å²) in [6, 6.07) is 17.5. The highest BCUT2D eigenvalue weighted by molar-refractivity contribution is 6.23. The fourth-order valence-electron chi connectivity index (χ4n) is 5.79. The SMILES string of the molecule is Cc1c2ccc3cncc4ccc(c[n+]1C)c2c43.Cc1c2ccc3cncc4ccc(c[n+]1C)c2c43.[Cl-].[Cl-]. The minimum atomic E-state index is 0. The minimum absolute atomic E-state index is 0. The zero-order valence-corrected chi connectivity index (χ0v) is 23.1. The van der Waals surface area contributed by atoms with Gasteiger partial charge < -0.3 is 24.8 Å². The smallest absolute Gasteiger partial charge is 0.185 e.